The zero-order valence-electron chi connectivity index (χ0n) is 2.82. The van der Waals surface area contributed by atoms with Crippen LogP contribution in [-0.2, 0) is 4.79 Å². The first-order valence-corrected chi connectivity index (χ1v) is 1.77. The lowest BCUT2D eigenvalue weighted by molar-refractivity contribution is -0.119. The Hall–Kier alpha value is -0.0400. The summed E-state index contributed by atoms with van der Waals surface area (Å²) in [5.74, 6) is 0. The quantitative estimate of drug-likeness (QED) is 0.359. The van der Waals surface area contributed by atoms with Gasteiger partial charge in [0.25, 0.3) is 0 Å². The van der Waals surface area contributed by atoms with Crippen molar-refractivity contribution < 1.29 is 13.6 Å². The molecule has 0 rings (SSSR count). The zero-order chi connectivity index (χ0) is 5.21. The third-order valence-corrected chi connectivity index (χ3v) is 0.293. The van der Waals surface area contributed by atoms with E-state index in [4.69, 9.17) is 4.79 Å². The van der Waals surface area contributed by atoms with Gasteiger partial charge in [-0.2, -0.15) is 8.78 Å². The average molecular weight is 112 g/mol. The van der Waals surface area contributed by atoms with E-state index in [1.807, 2.05) is 0 Å². The summed E-state index contributed by atoms with van der Waals surface area (Å²) < 4.78 is 22.1. The Balaban J connectivity index is 3.45. The van der Waals surface area contributed by atoms with E-state index in [1.54, 1.807) is 0 Å². The fourth-order valence-electron chi connectivity index (χ4n) is 0. The van der Waals surface area contributed by atoms with Crippen LogP contribution in [0.1, 0.15) is 0 Å². The Labute approximate surface area is 35.9 Å². The Morgan fingerprint density at radius 2 is 1.83 bits per heavy atom. The van der Waals surface area contributed by atoms with E-state index in [-0.39, 0.29) is 0 Å². The lowest BCUT2D eigenvalue weighted by Gasteiger charge is -1.93. The van der Waals surface area contributed by atoms with Gasteiger partial charge in [0, 0.05) is 0 Å². The van der Waals surface area contributed by atoms with Crippen molar-refractivity contribution >= 4 is 15.5 Å². The molecule has 4 heteroatoms. The fraction of sp³-hybridized carbons (Fsp3) is 0.500. The number of aldehydes is 1. The van der Waals surface area contributed by atoms with Gasteiger partial charge in [-0.05, 0) is 0 Å². The summed E-state index contributed by atoms with van der Waals surface area (Å²) in [6.45, 7) is 0. The molecule has 0 aliphatic rings. The maximum absolute atomic E-state index is 11.0. The van der Waals surface area contributed by atoms with Crippen LogP contribution in [-0.4, -0.2) is 11.9 Å². The maximum Gasteiger partial charge on any atom is 0.312 e. The van der Waals surface area contributed by atoms with Crippen LogP contribution < -0.4 is 0 Å². The summed E-state index contributed by atoms with van der Waals surface area (Å²) in [6, 6.07) is 0. The lowest BCUT2D eigenvalue weighted by atomic mass is 10.8. The monoisotopic (exact) mass is 112 g/mol. The van der Waals surface area contributed by atoms with Crippen molar-refractivity contribution in [3.05, 3.63) is 0 Å². The molecular formula is C2H3F2OP. The predicted octanol–water partition coefficient (Wildman–Crippen LogP) is 0.653. The number of alkyl halides is 2. The van der Waals surface area contributed by atoms with Crippen LogP contribution in [0.25, 0.3) is 0 Å². The van der Waals surface area contributed by atoms with E-state index >= 15 is 0 Å². The smallest absolute Gasteiger partial charge is 0.296 e. The second kappa shape index (κ2) is 1.61. The third-order valence-electron chi connectivity index (χ3n) is 0.157. The highest BCUT2D eigenvalue weighted by Gasteiger charge is 2.17. The molecule has 0 heterocycles. The molecule has 0 aromatic rings. The fourth-order valence-corrected chi connectivity index (χ4v) is 0. The number of carbonyl (C=O) groups is 1. The zero-order valence-corrected chi connectivity index (χ0v) is 3.97. The highest BCUT2D eigenvalue weighted by molar-refractivity contribution is 7.19. The van der Waals surface area contributed by atoms with Crippen LogP contribution in [0.5, 0.6) is 0 Å². The minimum atomic E-state index is -3.22. The molecule has 0 saturated heterocycles. The normalized spacial score (nSPS) is 11.2. The first kappa shape index (κ1) is 5.96. The standard InChI is InChI=1S/C2H3F2OP/c3-2(4,6)1-5/h1H,6H2. The molecule has 0 fully saturated rings. The van der Waals surface area contributed by atoms with Crippen molar-refractivity contribution in [1.82, 2.24) is 0 Å². The summed E-state index contributed by atoms with van der Waals surface area (Å²) in [4.78, 5) is 9.06. The molecule has 0 aromatic heterocycles. The molecule has 0 amide bonds. The van der Waals surface area contributed by atoms with Crippen molar-refractivity contribution in [2.45, 2.75) is 5.66 Å². The predicted molar refractivity (Wildman–Crippen MR) is 20.7 cm³/mol. The van der Waals surface area contributed by atoms with Gasteiger partial charge >= 0.3 is 5.66 Å². The van der Waals surface area contributed by atoms with Gasteiger partial charge in [0.15, 0.2) is 6.29 Å². The molecule has 6 heavy (non-hydrogen) atoms. The first-order valence-electron chi connectivity index (χ1n) is 1.19. The van der Waals surface area contributed by atoms with Gasteiger partial charge in [-0.1, -0.05) is 9.24 Å². The van der Waals surface area contributed by atoms with E-state index in [0.29, 0.717) is 0 Å². The van der Waals surface area contributed by atoms with E-state index in [9.17, 15) is 8.78 Å². The summed E-state index contributed by atoms with van der Waals surface area (Å²) in [7, 11) is 1.09. The topological polar surface area (TPSA) is 17.1 Å². The van der Waals surface area contributed by atoms with E-state index in [1.165, 1.54) is 0 Å². The largest absolute Gasteiger partial charge is 0.312 e. The Bertz CT molecular complexity index is 57.1. The summed E-state index contributed by atoms with van der Waals surface area (Å²) in [5.41, 5.74) is -3.22. The molecule has 0 aliphatic carbocycles. The van der Waals surface area contributed by atoms with E-state index in [2.05, 4.69) is 0 Å². The van der Waals surface area contributed by atoms with Crippen molar-refractivity contribution in [1.29, 1.82) is 0 Å². The summed E-state index contributed by atoms with van der Waals surface area (Å²) >= 11 is 0. The van der Waals surface area contributed by atoms with Crippen molar-refractivity contribution in [3.63, 3.8) is 0 Å². The average Bonchev–Trinajstić information content (AvgIpc) is 1.35. The van der Waals surface area contributed by atoms with Gasteiger partial charge in [-0.3, -0.25) is 4.79 Å². The first-order chi connectivity index (χ1) is 2.56. The van der Waals surface area contributed by atoms with E-state index < -0.39 is 11.9 Å². The molecule has 1 nitrogen and oxygen atoms in total. The molecule has 0 aliphatic heterocycles. The van der Waals surface area contributed by atoms with E-state index in [0.717, 1.165) is 9.24 Å². The molecule has 1 unspecified atom stereocenters. The van der Waals surface area contributed by atoms with Crippen LogP contribution in [0.4, 0.5) is 8.78 Å². The SMILES string of the molecule is O=CC(F)(F)P. The second-order valence-electron chi connectivity index (χ2n) is 0.792. The molecule has 0 N–H and O–H groups in total. The minimum Gasteiger partial charge on any atom is -0.296 e. The number of hydrogen-bond acceptors (Lipinski definition) is 1. The van der Waals surface area contributed by atoms with Crippen LogP contribution in [0.15, 0.2) is 0 Å². The molecule has 0 bridgehead atoms. The van der Waals surface area contributed by atoms with Crippen molar-refractivity contribution in [2.24, 2.45) is 0 Å². The van der Waals surface area contributed by atoms with Crippen LogP contribution >= 0.6 is 9.24 Å². The van der Waals surface area contributed by atoms with Crippen LogP contribution in [0.3, 0.4) is 0 Å². The van der Waals surface area contributed by atoms with Crippen molar-refractivity contribution in [2.75, 3.05) is 0 Å². The number of halogens is 2. The van der Waals surface area contributed by atoms with Gasteiger partial charge in [0.1, 0.15) is 0 Å². The molecule has 0 radical (unpaired) electrons. The molecule has 0 spiro atoms. The Morgan fingerprint density at radius 3 is 1.83 bits per heavy atom. The van der Waals surface area contributed by atoms with Gasteiger partial charge in [0.05, 0.1) is 0 Å². The highest BCUT2D eigenvalue weighted by atomic mass is 31.0. The molecule has 0 aromatic carbocycles. The number of rotatable bonds is 1. The molecular weight excluding hydrogens is 109 g/mol. The van der Waals surface area contributed by atoms with Gasteiger partial charge in [0.2, 0.25) is 0 Å². The Kier molecular flexibility index (Phi) is 1.59. The molecule has 1 atom stereocenters. The summed E-state index contributed by atoms with van der Waals surface area (Å²) in [5, 5.41) is 0. The lowest BCUT2D eigenvalue weighted by Crippen LogP contribution is -2.03. The number of hydrogen-bond donors (Lipinski definition) is 0. The van der Waals surface area contributed by atoms with Gasteiger partial charge in [-0.25, -0.2) is 0 Å². The minimum absolute atomic E-state index is 0.433. The third kappa shape index (κ3) is 3.96. The highest BCUT2D eigenvalue weighted by Crippen LogP contribution is 2.16. The van der Waals surface area contributed by atoms with Crippen LogP contribution in [0, 0.1) is 0 Å². The van der Waals surface area contributed by atoms with Gasteiger partial charge in [-0.15, -0.1) is 0 Å². The summed E-state index contributed by atoms with van der Waals surface area (Å²) in [6.07, 6.45) is -0.433. The molecule has 36 valence electrons. The second-order valence-corrected chi connectivity index (χ2v) is 1.56. The molecule has 0 saturated carbocycles. The van der Waals surface area contributed by atoms with Crippen LogP contribution in [0.2, 0.25) is 0 Å². The van der Waals surface area contributed by atoms with Gasteiger partial charge < -0.3 is 0 Å². The maximum atomic E-state index is 11.0. The Morgan fingerprint density at radius 1 is 1.67 bits per heavy atom. The number of carbonyl (C=O) groups excluding carboxylic acids is 1. The van der Waals surface area contributed by atoms with Crippen molar-refractivity contribution in [3.8, 4) is 0 Å².